The van der Waals surface area contributed by atoms with Gasteiger partial charge < -0.3 is 5.11 Å². The van der Waals surface area contributed by atoms with E-state index in [9.17, 15) is 9.90 Å². The molecular formula is C18H18N4O2S. The maximum Gasteiger partial charge on any atom is 0.214 e. The third-order valence-corrected chi connectivity index (χ3v) is 4.87. The van der Waals surface area contributed by atoms with Crippen LogP contribution in [0.25, 0.3) is 5.69 Å². The molecule has 1 N–H and O–H groups in total. The first kappa shape index (κ1) is 17.2. The number of phenols is 1. The third-order valence-electron chi connectivity index (χ3n) is 3.83. The maximum atomic E-state index is 12.6. The normalized spacial score (nSPS) is 12.1. The van der Waals surface area contributed by atoms with Gasteiger partial charge in [0.25, 0.3) is 0 Å². The predicted octanol–water partition coefficient (Wildman–Crippen LogP) is 3.29. The lowest BCUT2D eigenvalue weighted by Gasteiger charge is -2.10. The van der Waals surface area contributed by atoms with Crippen molar-refractivity contribution in [2.75, 3.05) is 0 Å². The van der Waals surface area contributed by atoms with Gasteiger partial charge in [-0.3, -0.25) is 4.79 Å². The minimum Gasteiger partial charge on any atom is -0.508 e. The summed E-state index contributed by atoms with van der Waals surface area (Å²) >= 11 is 1.30. The number of thioether (sulfide) groups is 1. The molecule has 0 aliphatic carbocycles. The topological polar surface area (TPSA) is 80.9 Å². The molecule has 6 nitrogen and oxygen atoms in total. The Kier molecular flexibility index (Phi) is 5.14. The van der Waals surface area contributed by atoms with Gasteiger partial charge in [0.15, 0.2) is 5.78 Å². The zero-order chi connectivity index (χ0) is 17.8. The van der Waals surface area contributed by atoms with E-state index >= 15 is 0 Å². The number of aromatic nitrogens is 4. The second kappa shape index (κ2) is 7.48. The highest BCUT2D eigenvalue weighted by atomic mass is 32.2. The van der Waals surface area contributed by atoms with Crippen molar-refractivity contribution in [1.82, 2.24) is 20.2 Å². The average molecular weight is 354 g/mol. The van der Waals surface area contributed by atoms with Gasteiger partial charge in [0, 0.05) is 5.56 Å². The number of aromatic hydroxyl groups is 1. The first-order valence-electron chi connectivity index (χ1n) is 7.96. The van der Waals surface area contributed by atoms with E-state index in [1.54, 1.807) is 28.9 Å². The summed E-state index contributed by atoms with van der Waals surface area (Å²) < 4.78 is 1.55. The molecule has 0 radical (unpaired) electrons. The van der Waals surface area contributed by atoms with E-state index in [0.717, 1.165) is 12.1 Å². The quantitative estimate of drug-likeness (QED) is 0.540. The average Bonchev–Trinajstić information content (AvgIpc) is 3.10. The second-order valence-electron chi connectivity index (χ2n) is 5.56. The van der Waals surface area contributed by atoms with E-state index in [1.807, 2.05) is 31.2 Å². The van der Waals surface area contributed by atoms with Gasteiger partial charge in [-0.1, -0.05) is 43.0 Å². The number of tetrazole rings is 1. The van der Waals surface area contributed by atoms with Crippen molar-refractivity contribution in [3.8, 4) is 11.4 Å². The number of rotatable bonds is 6. The smallest absolute Gasteiger partial charge is 0.214 e. The van der Waals surface area contributed by atoms with Crippen molar-refractivity contribution in [2.45, 2.75) is 30.7 Å². The summed E-state index contributed by atoms with van der Waals surface area (Å²) in [6.45, 7) is 3.93. The maximum absolute atomic E-state index is 12.6. The van der Waals surface area contributed by atoms with Crippen LogP contribution in [0.4, 0.5) is 0 Å². The molecular weight excluding hydrogens is 336 g/mol. The molecule has 0 saturated carbocycles. The zero-order valence-corrected chi connectivity index (χ0v) is 14.8. The summed E-state index contributed by atoms with van der Waals surface area (Å²) in [4.78, 5) is 12.6. The van der Waals surface area contributed by atoms with Crippen molar-refractivity contribution in [3.05, 3.63) is 59.7 Å². The summed E-state index contributed by atoms with van der Waals surface area (Å²) in [5.74, 6) is 0.206. The molecule has 2 aromatic carbocycles. The SMILES string of the molecule is CCc1ccc(C(=O)[C@H](C)Sc2nnnn2-c2ccc(O)cc2)cc1. The summed E-state index contributed by atoms with van der Waals surface area (Å²) in [5.41, 5.74) is 2.60. The molecule has 0 spiro atoms. The van der Waals surface area contributed by atoms with E-state index in [-0.39, 0.29) is 16.8 Å². The lowest BCUT2D eigenvalue weighted by molar-refractivity contribution is 0.0994. The van der Waals surface area contributed by atoms with Crippen LogP contribution >= 0.6 is 11.8 Å². The van der Waals surface area contributed by atoms with Gasteiger partial charge in [0.1, 0.15) is 5.75 Å². The number of aryl methyl sites for hydroxylation is 1. The lowest BCUT2D eigenvalue weighted by atomic mass is 10.1. The molecule has 3 aromatic rings. The van der Waals surface area contributed by atoms with Crippen molar-refractivity contribution >= 4 is 17.5 Å². The minimum absolute atomic E-state index is 0.0351. The highest BCUT2D eigenvalue weighted by molar-refractivity contribution is 8.00. The van der Waals surface area contributed by atoms with Crippen LogP contribution < -0.4 is 0 Å². The molecule has 1 atom stereocenters. The molecule has 1 heterocycles. The summed E-state index contributed by atoms with van der Waals surface area (Å²) in [7, 11) is 0. The van der Waals surface area contributed by atoms with Crippen molar-refractivity contribution < 1.29 is 9.90 Å². The van der Waals surface area contributed by atoms with Crippen LogP contribution in [-0.4, -0.2) is 36.3 Å². The van der Waals surface area contributed by atoms with Crippen LogP contribution in [-0.2, 0) is 6.42 Å². The molecule has 3 rings (SSSR count). The van der Waals surface area contributed by atoms with Crippen LogP contribution in [0.15, 0.2) is 53.7 Å². The van der Waals surface area contributed by atoms with Gasteiger partial charge in [0.2, 0.25) is 5.16 Å². The van der Waals surface area contributed by atoms with E-state index in [1.165, 1.54) is 17.3 Å². The summed E-state index contributed by atoms with van der Waals surface area (Å²) in [5, 5.41) is 21.3. The summed E-state index contributed by atoms with van der Waals surface area (Å²) in [6.07, 6.45) is 0.945. The van der Waals surface area contributed by atoms with Crippen LogP contribution in [0.2, 0.25) is 0 Å². The number of ketones is 1. The molecule has 7 heteroatoms. The Labute approximate surface area is 149 Å². The number of benzene rings is 2. The van der Waals surface area contributed by atoms with Gasteiger partial charge in [-0.15, -0.1) is 5.10 Å². The Morgan fingerprint density at radius 2 is 1.84 bits per heavy atom. The fourth-order valence-electron chi connectivity index (χ4n) is 2.36. The number of hydrogen-bond acceptors (Lipinski definition) is 6. The minimum atomic E-state index is -0.325. The Bertz CT molecular complexity index is 860. The second-order valence-corrected chi connectivity index (χ2v) is 6.87. The van der Waals surface area contributed by atoms with Crippen molar-refractivity contribution in [1.29, 1.82) is 0 Å². The third kappa shape index (κ3) is 3.88. The summed E-state index contributed by atoms with van der Waals surface area (Å²) in [6, 6.07) is 14.2. The number of carbonyl (C=O) groups excluding carboxylic acids is 1. The van der Waals surface area contributed by atoms with Gasteiger partial charge in [-0.05, 0) is 53.6 Å². The standard InChI is InChI=1S/C18H18N4O2S/c1-3-13-4-6-14(7-5-13)17(24)12(2)25-18-19-20-21-22(18)15-8-10-16(23)11-9-15/h4-12,23H,3H2,1-2H3/t12-/m0/s1. The van der Waals surface area contributed by atoms with Crippen LogP contribution in [0.3, 0.4) is 0 Å². The van der Waals surface area contributed by atoms with E-state index in [4.69, 9.17) is 0 Å². The van der Waals surface area contributed by atoms with Crippen LogP contribution in [0.5, 0.6) is 5.75 Å². The largest absolute Gasteiger partial charge is 0.508 e. The number of hydrogen-bond donors (Lipinski definition) is 1. The van der Waals surface area contributed by atoms with Gasteiger partial charge in [0.05, 0.1) is 10.9 Å². The van der Waals surface area contributed by atoms with E-state index in [0.29, 0.717) is 10.7 Å². The first-order valence-corrected chi connectivity index (χ1v) is 8.84. The molecule has 0 unspecified atom stereocenters. The molecule has 0 fully saturated rings. The Balaban J connectivity index is 1.77. The van der Waals surface area contributed by atoms with Crippen LogP contribution in [0, 0.1) is 0 Å². The predicted molar refractivity (Wildman–Crippen MR) is 96.3 cm³/mol. The molecule has 0 amide bonds. The molecule has 25 heavy (non-hydrogen) atoms. The van der Waals surface area contributed by atoms with Gasteiger partial charge >= 0.3 is 0 Å². The first-order chi connectivity index (χ1) is 12.1. The molecule has 0 bridgehead atoms. The number of phenolic OH excluding ortho intramolecular Hbond substituents is 1. The van der Waals surface area contributed by atoms with E-state index < -0.39 is 0 Å². The fraction of sp³-hybridized carbons (Fsp3) is 0.222. The highest BCUT2D eigenvalue weighted by Crippen LogP contribution is 2.26. The molecule has 0 saturated heterocycles. The molecule has 0 aliphatic heterocycles. The Morgan fingerprint density at radius 1 is 1.16 bits per heavy atom. The number of nitrogens with zero attached hydrogens (tertiary/aromatic N) is 4. The molecule has 128 valence electrons. The monoisotopic (exact) mass is 354 g/mol. The number of carbonyl (C=O) groups is 1. The Morgan fingerprint density at radius 3 is 2.48 bits per heavy atom. The van der Waals surface area contributed by atoms with Crippen LogP contribution in [0.1, 0.15) is 29.8 Å². The highest BCUT2D eigenvalue weighted by Gasteiger charge is 2.20. The fourth-order valence-corrected chi connectivity index (χ4v) is 3.24. The Hall–Kier alpha value is -2.67. The zero-order valence-electron chi connectivity index (χ0n) is 14.0. The molecule has 1 aromatic heterocycles. The van der Waals surface area contributed by atoms with Crippen molar-refractivity contribution in [3.63, 3.8) is 0 Å². The van der Waals surface area contributed by atoms with Gasteiger partial charge in [-0.25, -0.2) is 0 Å². The van der Waals surface area contributed by atoms with Gasteiger partial charge in [-0.2, -0.15) is 4.68 Å². The lowest BCUT2D eigenvalue weighted by Crippen LogP contribution is -2.14. The number of Topliss-reactive ketones (excluding diaryl/α,β-unsaturated/α-hetero) is 1. The molecule has 0 aliphatic rings. The van der Waals surface area contributed by atoms with E-state index in [2.05, 4.69) is 22.4 Å². The van der Waals surface area contributed by atoms with Crippen molar-refractivity contribution in [2.24, 2.45) is 0 Å².